The molecule has 0 radical (unpaired) electrons. The lowest BCUT2D eigenvalue weighted by molar-refractivity contribution is -0.130. The van der Waals surface area contributed by atoms with E-state index < -0.39 is 0 Å². The predicted molar refractivity (Wildman–Crippen MR) is 132 cm³/mol. The van der Waals surface area contributed by atoms with Gasteiger partial charge in [0.2, 0.25) is 5.91 Å². The highest BCUT2D eigenvalue weighted by molar-refractivity contribution is 5.94. The molecule has 0 spiro atoms. The number of fused-ring (bicyclic) bond motifs is 2. The van der Waals surface area contributed by atoms with E-state index in [1.165, 1.54) is 5.69 Å². The molecular weight excluding hydrogens is 414 g/mol. The predicted octanol–water partition coefficient (Wildman–Crippen LogP) is 3.65. The van der Waals surface area contributed by atoms with Crippen molar-refractivity contribution in [3.63, 3.8) is 0 Å². The van der Waals surface area contributed by atoms with Crippen molar-refractivity contribution in [3.05, 3.63) is 88.6 Å². The van der Waals surface area contributed by atoms with Gasteiger partial charge in [0.1, 0.15) is 6.54 Å². The number of benzene rings is 3. The van der Waals surface area contributed by atoms with Crippen molar-refractivity contribution in [2.24, 2.45) is 0 Å². The van der Waals surface area contributed by atoms with Crippen molar-refractivity contribution in [3.8, 4) is 0 Å². The van der Waals surface area contributed by atoms with Gasteiger partial charge in [-0.25, -0.2) is 0 Å². The smallest absolute Gasteiger partial charge is 0.242 e. The first kappa shape index (κ1) is 21.2. The minimum absolute atomic E-state index is 0.00129. The number of para-hydroxylation sites is 2. The van der Waals surface area contributed by atoms with Crippen LogP contribution in [0.4, 0.5) is 5.69 Å². The van der Waals surface area contributed by atoms with Crippen LogP contribution in [-0.2, 0) is 22.6 Å². The molecule has 0 atom stereocenters. The Morgan fingerprint density at radius 2 is 1.45 bits per heavy atom. The van der Waals surface area contributed by atoms with Gasteiger partial charge in [-0.2, -0.15) is 0 Å². The molecule has 1 amide bonds. The summed E-state index contributed by atoms with van der Waals surface area (Å²) in [6.07, 6.45) is 0. The van der Waals surface area contributed by atoms with Crippen molar-refractivity contribution in [1.82, 2.24) is 9.47 Å². The van der Waals surface area contributed by atoms with Crippen LogP contribution < -0.4 is 10.3 Å². The lowest BCUT2D eigenvalue weighted by Gasteiger charge is -2.29. The third-order valence-corrected chi connectivity index (χ3v) is 6.33. The Morgan fingerprint density at radius 1 is 0.879 bits per heavy atom. The maximum atomic E-state index is 13.2. The van der Waals surface area contributed by atoms with Crippen LogP contribution in [0.1, 0.15) is 5.56 Å². The molecule has 0 bridgehead atoms. The van der Waals surface area contributed by atoms with Gasteiger partial charge >= 0.3 is 0 Å². The molecule has 1 aliphatic heterocycles. The fourth-order valence-corrected chi connectivity index (χ4v) is 4.50. The van der Waals surface area contributed by atoms with Crippen molar-refractivity contribution in [2.45, 2.75) is 13.1 Å². The normalized spacial score (nSPS) is 14.0. The molecule has 6 nitrogen and oxygen atoms in total. The number of aromatic nitrogens is 1. The van der Waals surface area contributed by atoms with E-state index in [1.54, 1.807) is 4.90 Å². The molecule has 2 heterocycles. The van der Waals surface area contributed by atoms with Gasteiger partial charge in [-0.3, -0.25) is 9.59 Å². The van der Waals surface area contributed by atoms with Gasteiger partial charge in [0.25, 0.3) is 0 Å². The average Bonchev–Trinajstić information content (AvgIpc) is 2.87. The fourth-order valence-electron chi connectivity index (χ4n) is 4.50. The summed E-state index contributed by atoms with van der Waals surface area (Å²) < 4.78 is 7.38. The monoisotopic (exact) mass is 441 g/mol. The van der Waals surface area contributed by atoms with Crippen LogP contribution >= 0.6 is 0 Å². The van der Waals surface area contributed by atoms with Gasteiger partial charge in [0.15, 0.2) is 5.43 Å². The molecule has 5 rings (SSSR count). The molecule has 168 valence electrons. The second-order valence-corrected chi connectivity index (χ2v) is 8.47. The zero-order valence-electron chi connectivity index (χ0n) is 18.7. The summed E-state index contributed by atoms with van der Waals surface area (Å²) in [5.74, 6) is -0.00814. The Balaban J connectivity index is 1.37. The summed E-state index contributed by atoms with van der Waals surface area (Å²) in [4.78, 5) is 30.2. The molecule has 1 aromatic heterocycles. The Labute approximate surface area is 192 Å². The average molecular weight is 442 g/mol. The van der Waals surface area contributed by atoms with E-state index in [-0.39, 0.29) is 17.9 Å². The van der Waals surface area contributed by atoms with Crippen LogP contribution in [-0.4, -0.2) is 48.7 Å². The van der Waals surface area contributed by atoms with E-state index in [9.17, 15) is 9.59 Å². The minimum Gasteiger partial charge on any atom is -0.378 e. The lowest BCUT2D eigenvalue weighted by atomic mass is 10.1. The maximum absolute atomic E-state index is 13.2. The number of carbonyl (C=O) groups is 1. The SMILES string of the molecule is CN(Cc1ccc(N2CCOCC2)cc1)C(=O)Cn1c2ccccc2c(=O)c2ccccc21. The second-order valence-electron chi connectivity index (χ2n) is 8.47. The summed E-state index contributed by atoms with van der Waals surface area (Å²) in [5.41, 5.74) is 3.81. The number of hydrogen-bond acceptors (Lipinski definition) is 4. The van der Waals surface area contributed by atoms with E-state index in [0.717, 1.165) is 42.9 Å². The van der Waals surface area contributed by atoms with E-state index in [0.29, 0.717) is 17.3 Å². The molecule has 1 saturated heterocycles. The van der Waals surface area contributed by atoms with E-state index in [1.807, 2.05) is 60.1 Å². The molecule has 0 aliphatic carbocycles. The van der Waals surface area contributed by atoms with Gasteiger partial charge in [-0.05, 0) is 42.0 Å². The topological polar surface area (TPSA) is 54.8 Å². The molecule has 4 aromatic rings. The third-order valence-electron chi connectivity index (χ3n) is 6.33. The molecule has 0 saturated carbocycles. The number of rotatable bonds is 5. The number of anilines is 1. The largest absolute Gasteiger partial charge is 0.378 e. The molecule has 1 fully saturated rings. The summed E-state index contributed by atoms with van der Waals surface area (Å²) in [6.45, 7) is 4.01. The number of likely N-dealkylation sites (N-methyl/N-ethyl adjacent to an activating group) is 1. The van der Waals surface area contributed by atoms with Crippen molar-refractivity contribution in [2.75, 3.05) is 38.3 Å². The van der Waals surface area contributed by atoms with Crippen LogP contribution in [0.3, 0.4) is 0 Å². The first-order chi connectivity index (χ1) is 16.1. The number of amides is 1. The molecule has 3 aromatic carbocycles. The quantitative estimate of drug-likeness (QED) is 0.444. The lowest BCUT2D eigenvalue weighted by Crippen LogP contribution is -2.36. The molecule has 33 heavy (non-hydrogen) atoms. The zero-order valence-corrected chi connectivity index (χ0v) is 18.7. The van der Waals surface area contributed by atoms with Crippen LogP contribution in [0.15, 0.2) is 77.6 Å². The molecule has 0 N–H and O–H groups in total. The van der Waals surface area contributed by atoms with Crippen molar-refractivity contribution >= 4 is 33.4 Å². The van der Waals surface area contributed by atoms with E-state index in [4.69, 9.17) is 4.74 Å². The minimum atomic E-state index is -0.00814. The number of hydrogen-bond donors (Lipinski definition) is 0. The van der Waals surface area contributed by atoms with Gasteiger partial charge in [0.05, 0.1) is 24.2 Å². The van der Waals surface area contributed by atoms with Gasteiger partial charge in [0, 0.05) is 43.1 Å². The van der Waals surface area contributed by atoms with Crippen LogP contribution in [0, 0.1) is 0 Å². The third kappa shape index (κ3) is 4.22. The van der Waals surface area contributed by atoms with Crippen LogP contribution in [0.5, 0.6) is 0 Å². The van der Waals surface area contributed by atoms with E-state index in [2.05, 4.69) is 29.2 Å². The molecular formula is C27H27N3O3. The maximum Gasteiger partial charge on any atom is 0.242 e. The number of morpholine rings is 1. The second kappa shape index (κ2) is 9.08. The van der Waals surface area contributed by atoms with Gasteiger partial charge in [-0.1, -0.05) is 36.4 Å². The number of pyridine rings is 1. The van der Waals surface area contributed by atoms with Crippen LogP contribution in [0.25, 0.3) is 21.8 Å². The van der Waals surface area contributed by atoms with Crippen LogP contribution in [0.2, 0.25) is 0 Å². The highest BCUT2D eigenvalue weighted by atomic mass is 16.5. The first-order valence-electron chi connectivity index (χ1n) is 11.3. The Hall–Kier alpha value is -3.64. The number of nitrogens with zero attached hydrogens (tertiary/aromatic N) is 3. The highest BCUT2D eigenvalue weighted by Gasteiger charge is 2.16. The summed E-state index contributed by atoms with van der Waals surface area (Å²) in [5, 5.41) is 1.26. The standard InChI is InChI=1S/C27H27N3O3/c1-28(18-20-10-12-21(13-11-20)29-14-16-33-17-15-29)26(31)19-30-24-8-4-2-6-22(24)27(32)23-7-3-5-9-25(23)30/h2-13H,14-19H2,1H3. The van der Waals surface area contributed by atoms with E-state index >= 15 is 0 Å². The van der Waals surface area contributed by atoms with Crippen molar-refractivity contribution < 1.29 is 9.53 Å². The fraction of sp³-hybridized carbons (Fsp3) is 0.259. The Kier molecular flexibility index (Phi) is 5.84. The summed E-state index contributed by atoms with van der Waals surface area (Å²) in [6, 6.07) is 23.4. The van der Waals surface area contributed by atoms with Gasteiger partial charge < -0.3 is 19.1 Å². The molecule has 1 aliphatic rings. The number of ether oxygens (including phenoxy) is 1. The molecule has 6 heteroatoms. The Bertz CT molecular complexity index is 1290. The Morgan fingerprint density at radius 3 is 2.06 bits per heavy atom. The zero-order chi connectivity index (χ0) is 22.8. The summed E-state index contributed by atoms with van der Waals surface area (Å²) >= 11 is 0. The number of carbonyl (C=O) groups excluding carboxylic acids is 1. The molecule has 0 unspecified atom stereocenters. The highest BCUT2D eigenvalue weighted by Crippen LogP contribution is 2.20. The first-order valence-corrected chi connectivity index (χ1v) is 11.3. The van der Waals surface area contributed by atoms with Gasteiger partial charge in [-0.15, -0.1) is 0 Å². The summed E-state index contributed by atoms with van der Waals surface area (Å²) in [7, 11) is 1.82. The van der Waals surface area contributed by atoms with Crippen molar-refractivity contribution in [1.29, 1.82) is 0 Å².